The first-order chi connectivity index (χ1) is 15.3. The van der Waals surface area contributed by atoms with Crippen molar-refractivity contribution in [1.29, 1.82) is 0 Å². The van der Waals surface area contributed by atoms with E-state index in [2.05, 4.69) is 33.7 Å². The van der Waals surface area contributed by atoms with E-state index in [0.29, 0.717) is 12.4 Å². The predicted molar refractivity (Wildman–Crippen MR) is 121 cm³/mol. The number of likely N-dealkylation sites (tertiary alicyclic amines) is 1. The van der Waals surface area contributed by atoms with Crippen molar-refractivity contribution >= 4 is 16.9 Å². The number of ether oxygens (including phenoxy) is 1. The van der Waals surface area contributed by atoms with Crippen LogP contribution in [-0.2, 0) is 4.79 Å². The lowest BCUT2D eigenvalue weighted by atomic mass is 10.0. The summed E-state index contributed by atoms with van der Waals surface area (Å²) in [6.45, 7) is 4.73. The van der Waals surface area contributed by atoms with Crippen LogP contribution in [0.2, 0.25) is 0 Å². The van der Waals surface area contributed by atoms with Gasteiger partial charge in [-0.15, -0.1) is 0 Å². The molecule has 6 heteroatoms. The molecule has 154 valence electrons. The van der Waals surface area contributed by atoms with Gasteiger partial charge in [0.1, 0.15) is 12.4 Å². The third-order valence-corrected chi connectivity index (χ3v) is 5.70. The Labute approximate surface area is 180 Å². The quantitative estimate of drug-likeness (QED) is 0.477. The van der Waals surface area contributed by atoms with Crippen LogP contribution in [0.25, 0.3) is 33.4 Å². The summed E-state index contributed by atoms with van der Waals surface area (Å²) in [4.78, 5) is 26.1. The second kappa shape index (κ2) is 8.07. The van der Waals surface area contributed by atoms with Crippen molar-refractivity contribution in [3.8, 4) is 28.1 Å². The normalized spacial score (nSPS) is 15.5. The molecular weight excluding hydrogens is 388 g/mol. The summed E-state index contributed by atoms with van der Waals surface area (Å²) in [5.41, 5.74) is 5.82. The van der Waals surface area contributed by atoms with Gasteiger partial charge in [-0.05, 0) is 36.3 Å². The van der Waals surface area contributed by atoms with Crippen molar-refractivity contribution in [3.63, 3.8) is 0 Å². The predicted octanol–water partition coefficient (Wildman–Crippen LogP) is 4.46. The number of carbonyl (C=O) groups excluding carboxylic acids is 1. The number of benzene rings is 1. The fraction of sp³-hybridized carbons (Fsp3) is 0.160. The van der Waals surface area contributed by atoms with Gasteiger partial charge in [0.25, 0.3) is 0 Å². The number of pyridine rings is 2. The lowest BCUT2D eigenvalue weighted by Gasteiger charge is -2.40. The summed E-state index contributed by atoms with van der Waals surface area (Å²) in [6.07, 6.45) is 7.55. The highest BCUT2D eigenvalue weighted by molar-refractivity contribution is 6.02. The second-order valence-corrected chi connectivity index (χ2v) is 7.50. The summed E-state index contributed by atoms with van der Waals surface area (Å²) in [6, 6.07) is 16.1. The second-order valence-electron chi connectivity index (χ2n) is 7.50. The Bertz CT molecular complexity index is 1250. The van der Waals surface area contributed by atoms with Crippen LogP contribution in [-0.4, -0.2) is 45.0 Å². The van der Waals surface area contributed by atoms with Crippen LogP contribution in [0.5, 0.6) is 5.75 Å². The number of H-pyrrole nitrogens is 1. The zero-order valence-electron chi connectivity index (χ0n) is 17.0. The number of nitrogens with one attached hydrogen (secondary N) is 1. The van der Waals surface area contributed by atoms with Gasteiger partial charge < -0.3 is 14.6 Å². The van der Waals surface area contributed by atoms with E-state index in [4.69, 9.17) is 4.74 Å². The largest absolute Gasteiger partial charge is 0.489 e. The fourth-order valence-corrected chi connectivity index (χ4v) is 4.02. The molecule has 1 aromatic carbocycles. The van der Waals surface area contributed by atoms with E-state index in [1.165, 1.54) is 6.08 Å². The van der Waals surface area contributed by atoms with Crippen molar-refractivity contribution in [2.45, 2.75) is 12.5 Å². The molecule has 5 rings (SSSR count). The Morgan fingerprint density at radius 2 is 2.06 bits per heavy atom. The van der Waals surface area contributed by atoms with Crippen molar-refractivity contribution in [1.82, 2.24) is 19.9 Å². The molecule has 6 nitrogen and oxygen atoms in total. The number of aromatic amines is 1. The van der Waals surface area contributed by atoms with Gasteiger partial charge >= 0.3 is 0 Å². The van der Waals surface area contributed by atoms with Crippen molar-refractivity contribution in [3.05, 3.63) is 79.8 Å². The van der Waals surface area contributed by atoms with E-state index in [1.54, 1.807) is 23.5 Å². The first-order valence-corrected chi connectivity index (χ1v) is 10.3. The van der Waals surface area contributed by atoms with Crippen molar-refractivity contribution in [2.24, 2.45) is 0 Å². The van der Waals surface area contributed by atoms with Crippen LogP contribution >= 0.6 is 0 Å². The topological polar surface area (TPSA) is 71.1 Å². The highest BCUT2D eigenvalue weighted by atomic mass is 16.5. The Balaban J connectivity index is 1.53. The van der Waals surface area contributed by atoms with Gasteiger partial charge in [0.05, 0.1) is 29.0 Å². The monoisotopic (exact) mass is 410 g/mol. The number of aromatic nitrogens is 3. The number of rotatable bonds is 6. The molecule has 1 saturated heterocycles. The van der Waals surface area contributed by atoms with Crippen LogP contribution in [0, 0.1) is 0 Å². The molecule has 4 aromatic rings. The molecule has 0 unspecified atom stereocenters. The number of carbonyl (C=O) groups is 1. The van der Waals surface area contributed by atoms with E-state index in [1.807, 2.05) is 36.4 Å². The summed E-state index contributed by atoms with van der Waals surface area (Å²) in [5.74, 6) is 0.614. The van der Waals surface area contributed by atoms with Gasteiger partial charge in [-0.3, -0.25) is 14.8 Å². The molecule has 31 heavy (non-hydrogen) atoms. The molecule has 4 heterocycles. The highest BCUT2D eigenvalue weighted by Gasteiger charge is 2.31. The minimum absolute atomic E-state index is 0.0523. The molecule has 0 radical (unpaired) electrons. The van der Waals surface area contributed by atoms with E-state index in [0.717, 1.165) is 46.4 Å². The van der Waals surface area contributed by atoms with E-state index < -0.39 is 0 Å². The zero-order valence-corrected chi connectivity index (χ0v) is 17.0. The maximum absolute atomic E-state index is 11.9. The average molecular weight is 410 g/mol. The maximum atomic E-state index is 11.9. The molecule has 1 amide bonds. The Kier molecular flexibility index (Phi) is 4.96. The number of hydrogen-bond donors (Lipinski definition) is 1. The standard InChI is InChI=1S/C25H22N4O2/c1-2-22(30)29-14-11-18(29)16-31-21-15-26-13-10-19(21)24-23(17-7-4-3-5-8-17)25-20(28-24)9-6-12-27-25/h2-10,12-13,15,18,28H,1,11,14,16H2/t18-/m0/s1. The lowest BCUT2D eigenvalue weighted by Crippen LogP contribution is -2.53. The molecule has 3 aromatic heterocycles. The first-order valence-electron chi connectivity index (χ1n) is 10.3. The molecule has 0 bridgehead atoms. The van der Waals surface area contributed by atoms with E-state index in [-0.39, 0.29) is 11.9 Å². The third kappa shape index (κ3) is 3.46. The summed E-state index contributed by atoms with van der Waals surface area (Å²) in [7, 11) is 0. The van der Waals surface area contributed by atoms with E-state index in [9.17, 15) is 4.79 Å². The summed E-state index contributed by atoms with van der Waals surface area (Å²) < 4.78 is 6.18. The highest BCUT2D eigenvalue weighted by Crippen LogP contribution is 2.40. The lowest BCUT2D eigenvalue weighted by molar-refractivity contribution is -0.134. The van der Waals surface area contributed by atoms with Crippen LogP contribution in [0.4, 0.5) is 0 Å². The molecule has 1 fully saturated rings. The van der Waals surface area contributed by atoms with Gasteiger partial charge in [0, 0.05) is 30.1 Å². The van der Waals surface area contributed by atoms with Gasteiger partial charge in [-0.25, -0.2) is 0 Å². The third-order valence-electron chi connectivity index (χ3n) is 5.70. The van der Waals surface area contributed by atoms with Crippen molar-refractivity contribution < 1.29 is 9.53 Å². The van der Waals surface area contributed by atoms with Gasteiger partial charge in [-0.1, -0.05) is 36.9 Å². The smallest absolute Gasteiger partial charge is 0.246 e. The van der Waals surface area contributed by atoms with Crippen LogP contribution < -0.4 is 4.74 Å². The van der Waals surface area contributed by atoms with Crippen molar-refractivity contribution in [2.75, 3.05) is 13.2 Å². The Morgan fingerprint density at radius 1 is 1.19 bits per heavy atom. The Morgan fingerprint density at radius 3 is 2.84 bits per heavy atom. The minimum Gasteiger partial charge on any atom is -0.489 e. The molecule has 0 aliphatic carbocycles. The SMILES string of the molecule is C=CC(=O)N1CC[C@H]1COc1cnccc1-c1[nH]c2cccnc2c1-c1ccccc1. The molecule has 0 saturated carbocycles. The first kappa shape index (κ1) is 19.1. The molecule has 0 spiro atoms. The molecule has 1 N–H and O–H groups in total. The minimum atomic E-state index is -0.0562. The molecular formula is C25H22N4O2. The molecule has 1 aliphatic heterocycles. The van der Waals surface area contributed by atoms with Gasteiger partial charge in [0.2, 0.25) is 5.91 Å². The van der Waals surface area contributed by atoms with Gasteiger partial charge in [0.15, 0.2) is 0 Å². The number of hydrogen-bond acceptors (Lipinski definition) is 4. The maximum Gasteiger partial charge on any atom is 0.246 e. The van der Waals surface area contributed by atoms with E-state index >= 15 is 0 Å². The summed E-state index contributed by atoms with van der Waals surface area (Å²) in [5, 5.41) is 0. The zero-order chi connectivity index (χ0) is 21.2. The van der Waals surface area contributed by atoms with Crippen LogP contribution in [0.3, 0.4) is 0 Å². The number of nitrogens with zero attached hydrogens (tertiary/aromatic N) is 3. The Hall–Kier alpha value is -3.93. The fourth-order valence-electron chi connectivity index (χ4n) is 4.02. The molecule has 1 aliphatic rings. The van der Waals surface area contributed by atoms with Crippen LogP contribution in [0.1, 0.15) is 6.42 Å². The average Bonchev–Trinajstić information content (AvgIpc) is 3.18. The summed E-state index contributed by atoms with van der Waals surface area (Å²) >= 11 is 0. The number of amides is 1. The van der Waals surface area contributed by atoms with Gasteiger partial charge in [-0.2, -0.15) is 0 Å². The molecule has 1 atom stereocenters. The van der Waals surface area contributed by atoms with Crippen LogP contribution in [0.15, 0.2) is 79.8 Å². The number of fused-ring (bicyclic) bond motifs is 1.